The molecule has 0 spiro atoms. The van der Waals surface area contributed by atoms with Crippen molar-refractivity contribution in [2.75, 3.05) is 38.2 Å². The largest absolute Gasteiger partial charge is 0.497 e. The van der Waals surface area contributed by atoms with Crippen molar-refractivity contribution in [3.8, 4) is 5.75 Å². The summed E-state index contributed by atoms with van der Waals surface area (Å²) in [6, 6.07) is 15.6. The highest BCUT2D eigenvalue weighted by atomic mass is 35.5. The van der Waals surface area contributed by atoms with Gasteiger partial charge in [0.2, 0.25) is 5.91 Å². The molecule has 2 aromatic carbocycles. The van der Waals surface area contributed by atoms with E-state index in [0.717, 1.165) is 40.7 Å². The highest BCUT2D eigenvalue weighted by molar-refractivity contribution is 6.30. The molecule has 1 amide bonds. The van der Waals surface area contributed by atoms with Crippen LogP contribution in [0.25, 0.3) is 5.57 Å². The van der Waals surface area contributed by atoms with Crippen molar-refractivity contribution in [1.82, 2.24) is 4.90 Å². The smallest absolute Gasteiger partial charge is 0.246 e. The molecule has 0 aromatic heterocycles. The molecule has 0 N–H and O–H groups in total. The van der Waals surface area contributed by atoms with Gasteiger partial charge in [-0.3, -0.25) is 4.79 Å². The molecule has 0 unspecified atom stereocenters. The first kappa shape index (κ1) is 18.3. The van der Waals surface area contributed by atoms with Crippen LogP contribution in [0.1, 0.15) is 12.5 Å². The summed E-state index contributed by atoms with van der Waals surface area (Å²) in [6.07, 6.45) is 1.72. The molecule has 0 radical (unpaired) electrons. The second-order valence-corrected chi connectivity index (χ2v) is 6.78. The van der Waals surface area contributed by atoms with Crippen molar-refractivity contribution in [2.24, 2.45) is 0 Å². The molecule has 0 atom stereocenters. The van der Waals surface area contributed by atoms with Crippen molar-refractivity contribution in [2.45, 2.75) is 6.92 Å². The van der Waals surface area contributed by atoms with Gasteiger partial charge in [-0.25, -0.2) is 0 Å². The third kappa shape index (κ3) is 4.38. The Bertz CT molecular complexity index is 777. The molecule has 1 fully saturated rings. The summed E-state index contributed by atoms with van der Waals surface area (Å²) < 4.78 is 5.17. The second-order valence-electron chi connectivity index (χ2n) is 6.34. The lowest BCUT2D eigenvalue weighted by Gasteiger charge is -2.35. The van der Waals surface area contributed by atoms with Crippen LogP contribution in [0.5, 0.6) is 5.75 Å². The van der Waals surface area contributed by atoms with Crippen molar-refractivity contribution < 1.29 is 9.53 Å². The SMILES string of the molecule is COc1ccc(/C(C)=C\C(=O)N2CCN(c3ccc(Cl)cc3)CC2)cc1. The van der Waals surface area contributed by atoms with Crippen molar-refractivity contribution >= 4 is 28.8 Å². The fourth-order valence-electron chi connectivity index (χ4n) is 3.05. The Balaban J connectivity index is 1.59. The highest BCUT2D eigenvalue weighted by Gasteiger charge is 2.20. The Kier molecular flexibility index (Phi) is 5.84. The number of methoxy groups -OCH3 is 1. The zero-order valence-electron chi connectivity index (χ0n) is 15.1. The van der Waals surface area contributed by atoms with E-state index in [-0.39, 0.29) is 5.91 Å². The van der Waals surface area contributed by atoms with Gasteiger partial charge >= 0.3 is 0 Å². The van der Waals surface area contributed by atoms with E-state index < -0.39 is 0 Å². The van der Waals surface area contributed by atoms with Crippen LogP contribution in [0, 0.1) is 0 Å². The summed E-state index contributed by atoms with van der Waals surface area (Å²) in [7, 11) is 1.64. The quantitative estimate of drug-likeness (QED) is 0.759. The Morgan fingerprint density at radius 1 is 1.00 bits per heavy atom. The van der Waals surface area contributed by atoms with Crippen molar-refractivity contribution in [3.63, 3.8) is 0 Å². The molecule has 1 aliphatic heterocycles. The molecule has 2 aromatic rings. The van der Waals surface area contributed by atoms with Gasteiger partial charge in [-0.1, -0.05) is 23.7 Å². The number of ether oxygens (including phenoxy) is 1. The van der Waals surface area contributed by atoms with E-state index in [4.69, 9.17) is 16.3 Å². The zero-order chi connectivity index (χ0) is 18.5. The van der Waals surface area contributed by atoms with E-state index in [1.165, 1.54) is 0 Å². The number of anilines is 1. The van der Waals surface area contributed by atoms with E-state index in [9.17, 15) is 4.79 Å². The molecule has 3 rings (SSSR count). The summed E-state index contributed by atoms with van der Waals surface area (Å²) in [5, 5.41) is 0.738. The number of carbonyl (C=O) groups excluding carboxylic acids is 1. The monoisotopic (exact) mass is 370 g/mol. The Morgan fingerprint density at radius 3 is 2.19 bits per heavy atom. The van der Waals surface area contributed by atoms with Crippen LogP contribution in [0.2, 0.25) is 5.02 Å². The van der Waals surface area contributed by atoms with Crippen molar-refractivity contribution in [3.05, 3.63) is 65.2 Å². The molecule has 1 aliphatic rings. The van der Waals surface area contributed by atoms with Gasteiger partial charge in [0.15, 0.2) is 0 Å². The van der Waals surface area contributed by atoms with Gasteiger partial charge in [0, 0.05) is 43.0 Å². The number of hydrogen-bond acceptors (Lipinski definition) is 3. The number of rotatable bonds is 4. The van der Waals surface area contributed by atoms with E-state index in [1.807, 2.05) is 60.4 Å². The van der Waals surface area contributed by atoms with E-state index in [2.05, 4.69) is 4.90 Å². The number of halogens is 1. The van der Waals surface area contributed by atoms with Crippen molar-refractivity contribution in [1.29, 1.82) is 0 Å². The number of carbonyl (C=O) groups is 1. The average molecular weight is 371 g/mol. The molecule has 0 saturated carbocycles. The Morgan fingerprint density at radius 2 is 1.62 bits per heavy atom. The van der Waals surface area contributed by atoms with Gasteiger partial charge in [-0.15, -0.1) is 0 Å². The third-order valence-corrected chi connectivity index (χ3v) is 4.92. The molecule has 1 heterocycles. The molecule has 1 saturated heterocycles. The van der Waals surface area contributed by atoms with Crippen LogP contribution in [-0.2, 0) is 4.79 Å². The minimum Gasteiger partial charge on any atom is -0.497 e. The van der Waals surface area contributed by atoms with Gasteiger partial charge in [0.05, 0.1) is 7.11 Å². The van der Waals surface area contributed by atoms with E-state index in [0.29, 0.717) is 13.1 Å². The van der Waals surface area contributed by atoms with Crippen LogP contribution < -0.4 is 9.64 Å². The number of nitrogens with zero attached hydrogens (tertiary/aromatic N) is 2. The molecule has 0 bridgehead atoms. The predicted molar refractivity (Wildman–Crippen MR) is 107 cm³/mol. The summed E-state index contributed by atoms with van der Waals surface area (Å²) in [5.41, 5.74) is 3.13. The van der Waals surface area contributed by atoms with Crippen LogP contribution >= 0.6 is 11.6 Å². The van der Waals surface area contributed by atoms with E-state index >= 15 is 0 Å². The maximum Gasteiger partial charge on any atom is 0.246 e. The first-order chi connectivity index (χ1) is 12.6. The maximum absolute atomic E-state index is 12.6. The molecule has 26 heavy (non-hydrogen) atoms. The lowest BCUT2D eigenvalue weighted by Crippen LogP contribution is -2.48. The van der Waals surface area contributed by atoms with Crippen LogP contribution in [0.4, 0.5) is 5.69 Å². The summed E-state index contributed by atoms with van der Waals surface area (Å²) >= 11 is 5.95. The zero-order valence-corrected chi connectivity index (χ0v) is 15.9. The lowest BCUT2D eigenvalue weighted by molar-refractivity contribution is -0.126. The third-order valence-electron chi connectivity index (χ3n) is 4.67. The lowest BCUT2D eigenvalue weighted by atomic mass is 10.1. The van der Waals surface area contributed by atoms with Gasteiger partial charge in [0.1, 0.15) is 5.75 Å². The number of benzene rings is 2. The van der Waals surface area contributed by atoms with E-state index in [1.54, 1.807) is 13.2 Å². The molecule has 136 valence electrons. The minimum atomic E-state index is 0.0640. The van der Waals surface area contributed by atoms with Gasteiger partial charge in [0.25, 0.3) is 0 Å². The fourth-order valence-corrected chi connectivity index (χ4v) is 3.18. The molecular formula is C21H23ClN2O2. The summed E-state index contributed by atoms with van der Waals surface area (Å²) in [6.45, 7) is 5.04. The normalized spacial score (nSPS) is 15.1. The number of amides is 1. The van der Waals surface area contributed by atoms with Gasteiger partial charge < -0.3 is 14.5 Å². The second kappa shape index (κ2) is 8.28. The number of allylic oxidation sites excluding steroid dienone is 1. The standard InChI is InChI=1S/C21H23ClN2O2/c1-16(17-3-9-20(26-2)10-4-17)15-21(25)24-13-11-23(12-14-24)19-7-5-18(22)6-8-19/h3-10,15H,11-14H2,1-2H3/b16-15-. The first-order valence-corrected chi connectivity index (χ1v) is 9.07. The van der Waals surface area contributed by atoms with Crippen LogP contribution in [0.3, 0.4) is 0 Å². The number of piperazine rings is 1. The van der Waals surface area contributed by atoms with Gasteiger partial charge in [-0.05, 0) is 54.5 Å². The Hall–Kier alpha value is -2.46. The highest BCUT2D eigenvalue weighted by Crippen LogP contribution is 2.21. The molecule has 4 nitrogen and oxygen atoms in total. The minimum absolute atomic E-state index is 0.0640. The Labute approximate surface area is 159 Å². The topological polar surface area (TPSA) is 32.8 Å². The fraction of sp³-hybridized carbons (Fsp3) is 0.286. The summed E-state index contributed by atoms with van der Waals surface area (Å²) in [5.74, 6) is 0.875. The molecule has 0 aliphatic carbocycles. The predicted octanol–water partition coefficient (Wildman–Crippen LogP) is 4.10. The molecular weight excluding hydrogens is 348 g/mol. The van der Waals surface area contributed by atoms with Gasteiger partial charge in [-0.2, -0.15) is 0 Å². The first-order valence-electron chi connectivity index (χ1n) is 8.69. The average Bonchev–Trinajstić information content (AvgIpc) is 2.68. The van der Waals surface area contributed by atoms with Crippen LogP contribution in [-0.4, -0.2) is 44.1 Å². The maximum atomic E-state index is 12.6. The number of hydrogen-bond donors (Lipinski definition) is 0. The summed E-state index contributed by atoms with van der Waals surface area (Å²) in [4.78, 5) is 16.8. The molecule has 5 heteroatoms. The van der Waals surface area contributed by atoms with Crippen LogP contribution in [0.15, 0.2) is 54.6 Å².